The Kier molecular flexibility index (Phi) is 2.63. The fourth-order valence-electron chi connectivity index (χ4n) is 1.50. The molecule has 1 aliphatic heterocycles. The molecular formula is C10H11NO2S. The molecule has 0 aromatic heterocycles. The average Bonchev–Trinajstić information content (AvgIpc) is 2.18. The summed E-state index contributed by atoms with van der Waals surface area (Å²) >= 11 is 1.67. The smallest absolute Gasteiger partial charge is 0.412 e. The first-order valence-corrected chi connectivity index (χ1v) is 5.76. The predicted molar refractivity (Wildman–Crippen MR) is 57.7 cm³/mol. The first kappa shape index (κ1) is 9.40. The van der Waals surface area contributed by atoms with Crippen LogP contribution in [0.3, 0.4) is 0 Å². The van der Waals surface area contributed by atoms with Crippen molar-refractivity contribution in [3.05, 3.63) is 29.8 Å². The molecule has 1 aliphatic rings. The van der Waals surface area contributed by atoms with Crippen LogP contribution in [0.2, 0.25) is 0 Å². The number of benzene rings is 1. The van der Waals surface area contributed by atoms with Crippen LogP contribution < -0.4 is 5.32 Å². The summed E-state index contributed by atoms with van der Waals surface area (Å²) < 4.78 is 5.18. The molecule has 1 aromatic rings. The molecule has 1 heterocycles. The summed E-state index contributed by atoms with van der Waals surface area (Å²) in [7, 11) is 0. The molecule has 74 valence electrons. The van der Waals surface area contributed by atoms with Gasteiger partial charge in [0.15, 0.2) is 0 Å². The van der Waals surface area contributed by atoms with Crippen LogP contribution in [0.1, 0.15) is 11.7 Å². The van der Waals surface area contributed by atoms with E-state index in [0.717, 1.165) is 17.0 Å². The zero-order chi connectivity index (χ0) is 9.97. The molecule has 1 unspecified atom stereocenters. The van der Waals surface area contributed by atoms with Crippen LogP contribution in [-0.4, -0.2) is 18.1 Å². The molecule has 1 atom stereocenters. The van der Waals surface area contributed by atoms with Crippen molar-refractivity contribution in [2.75, 3.05) is 17.3 Å². The molecule has 0 radical (unpaired) electrons. The van der Waals surface area contributed by atoms with E-state index in [1.54, 1.807) is 11.8 Å². The summed E-state index contributed by atoms with van der Waals surface area (Å²) in [5.74, 6) is 0.796. The van der Waals surface area contributed by atoms with Gasteiger partial charge in [0.2, 0.25) is 0 Å². The quantitative estimate of drug-likeness (QED) is 0.813. The van der Waals surface area contributed by atoms with Gasteiger partial charge in [-0.2, -0.15) is 11.8 Å². The van der Waals surface area contributed by atoms with Crippen LogP contribution >= 0.6 is 11.8 Å². The van der Waals surface area contributed by atoms with Crippen molar-refractivity contribution in [1.29, 1.82) is 0 Å². The number of anilines is 1. The highest BCUT2D eigenvalue weighted by Gasteiger charge is 2.24. The van der Waals surface area contributed by atoms with Gasteiger partial charge >= 0.3 is 6.09 Å². The van der Waals surface area contributed by atoms with E-state index >= 15 is 0 Å². The van der Waals surface area contributed by atoms with E-state index in [2.05, 4.69) is 5.32 Å². The van der Waals surface area contributed by atoms with Gasteiger partial charge in [-0.25, -0.2) is 4.79 Å². The lowest BCUT2D eigenvalue weighted by Gasteiger charge is -2.25. The molecule has 14 heavy (non-hydrogen) atoms. The molecule has 0 spiro atoms. The number of amides is 1. The predicted octanol–water partition coefficient (Wildman–Crippen LogP) is 2.65. The number of carbonyl (C=O) groups is 1. The SMILES string of the molecule is CSCC1OC(=O)Nc2ccccc21. The molecule has 0 fully saturated rings. The number of thioether (sulfide) groups is 1. The Bertz CT molecular complexity index is 354. The Balaban J connectivity index is 2.33. The van der Waals surface area contributed by atoms with Gasteiger partial charge in [-0.1, -0.05) is 18.2 Å². The Labute approximate surface area is 86.8 Å². The summed E-state index contributed by atoms with van der Waals surface area (Å²) in [5, 5.41) is 2.68. The second-order valence-corrected chi connectivity index (χ2v) is 3.97. The van der Waals surface area contributed by atoms with E-state index in [1.165, 1.54) is 0 Å². The summed E-state index contributed by atoms with van der Waals surface area (Å²) in [6.07, 6.45) is 1.52. The number of carbonyl (C=O) groups excluding carboxylic acids is 1. The Hall–Kier alpha value is -1.16. The standard InChI is InChI=1S/C10H11NO2S/c1-14-6-9-7-4-2-3-5-8(7)11-10(12)13-9/h2-5,9H,6H2,1H3,(H,11,12). The normalized spacial score (nSPS) is 19.5. The van der Waals surface area contributed by atoms with Gasteiger partial charge in [0.25, 0.3) is 0 Å². The third kappa shape index (κ3) is 1.70. The highest BCUT2D eigenvalue weighted by atomic mass is 32.2. The van der Waals surface area contributed by atoms with E-state index in [4.69, 9.17) is 4.74 Å². The van der Waals surface area contributed by atoms with Gasteiger partial charge in [-0.3, -0.25) is 5.32 Å². The zero-order valence-electron chi connectivity index (χ0n) is 7.82. The lowest BCUT2D eigenvalue weighted by atomic mass is 10.1. The van der Waals surface area contributed by atoms with Crippen molar-refractivity contribution < 1.29 is 9.53 Å². The van der Waals surface area contributed by atoms with Crippen LogP contribution in [-0.2, 0) is 4.74 Å². The summed E-state index contributed by atoms with van der Waals surface area (Å²) in [5.41, 5.74) is 1.92. The van der Waals surface area contributed by atoms with Crippen molar-refractivity contribution >= 4 is 23.5 Å². The second kappa shape index (κ2) is 3.92. The topological polar surface area (TPSA) is 38.3 Å². The zero-order valence-corrected chi connectivity index (χ0v) is 8.64. The van der Waals surface area contributed by atoms with Crippen molar-refractivity contribution in [2.24, 2.45) is 0 Å². The van der Waals surface area contributed by atoms with Crippen molar-refractivity contribution in [3.8, 4) is 0 Å². The maximum absolute atomic E-state index is 11.2. The highest BCUT2D eigenvalue weighted by molar-refractivity contribution is 7.98. The number of ether oxygens (including phenoxy) is 1. The largest absolute Gasteiger partial charge is 0.440 e. The van der Waals surface area contributed by atoms with E-state index in [-0.39, 0.29) is 12.2 Å². The molecular weight excluding hydrogens is 198 g/mol. The number of para-hydroxylation sites is 1. The monoisotopic (exact) mass is 209 g/mol. The number of hydrogen-bond donors (Lipinski definition) is 1. The third-order valence-electron chi connectivity index (χ3n) is 2.11. The molecule has 1 amide bonds. The first-order valence-electron chi connectivity index (χ1n) is 4.37. The lowest BCUT2D eigenvalue weighted by molar-refractivity contribution is 0.119. The second-order valence-electron chi connectivity index (χ2n) is 3.06. The highest BCUT2D eigenvalue weighted by Crippen LogP contribution is 2.31. The van der Waals surface area contributed by atoms with Gasteiger partial charge in [0.05, 0.1) is 5.69 Å². The van der Waals surface area contributed by atoms with Gasteiger partial charge in [-0.15, -0.1) is 0 Å². The molecule has 1 N–H and O–H groups in total. The maximum Gasteiger partial charge on any atom is 0.412 e. The van der Waals surface area contributed by atoms with E-state index < -0.39 is 0 Å². The van der Waals surface area contributed by atoms with Crippen LogP contribution in [0, 0.1) is 0 Å². The van der Waals surface area contributed by atoms with Crippen molar-refractivity contribution in [2.45, 2.75) is 6.10 Å². The summed E-state index contributed by atoms with van der Waals surface area (Å²) in [6.45, 7) is 0. The van der Waals surface area contributed by atoms with Gasteiger partial charge < -0.3 is 4.74 Å². The van der Waals surface area contributed by atoms with Gasteiger partial charge in [-0.05, 0) is 12.3 Å². The molecule has 4 heteroatoms. The molecule has 0 saturated heterocycles. The molecule has 0 aliphatic carbocycles. The minimum absolute atomic E-state index is 0.116. The van der Waals surface area contributed by atoms with Crippen LogP contribution in [0.4, 0.5) is 10.5 Å². The van der Waals surface area contributed by atoms with Crippen LogP contribution in [0.5, 0.6) is 0 Å². The lowest BCUT2D eigenvalue weighted by Crippen LogP contribution is -2.25. The number of nitrogens with one attached hydrogen (secondary N) is 1. The average molecular weight is 209 g/mol. The minimum Gasteiger partial charge on any atom is -0.440 e. The fourth-order valence-corrected chi connectivity index (χ4v) is 2.05. The van der Waals surface area contributed by atoms with Crippen LogP contribution in [0.25, 0.3) is 0 Å². The van der Waals surface area contributed by atoms with Gasteiger partial charge in [0.1, 0.15) is 6.10 Å². The number of fused-ring (bicyclic) bond motifs is 1. The minimum atomic E-state index is -0.359. The van der Waals surface area contributed by atoms with Crippen molar-refractivity contribution in [1.82, 2.24) is 0 Å². The summed E-state index contributed by atoms with van der Waals surface area (Å²) in [4.78, 5) is 11.2. The number of hydrogen-bond acceptors (Lipinski definition) is 3. The number of cyclic esters (lactones) is 1. The molecule has 1 aromatic carbocycles. The Morgan fingerprint density at radius 1 is 1.50 bits per heavy atom. The molecule has 3 nitrogen and oxygen atoms in total. The first-order chi connectivity index (χ1) is 6.81. The van der Waals surface area contributed by atoms with E-state index in [9.17, 15) is 4.79 Å². The molecule has 2 rings (SSSR count). The molecule has 0 saturated carbocycles. The van der Waals surface area contributed by atoms with Gasteiger partial charge in [0, 0.05) is 11.3 Å². The number of rotatable bonds is 2. The summed E-state index contributed by atoms with van der Waals surface area (Å²) in [6, 6.07) is 7.73. The Morgan fingerprint density at radius 2 is 2.29 bits per heavy atom. The van der Waals surface area contributed by atoms with Crippen LogP contribution in [0.15, 0.2) is 24.3 Å². The third-order valence-corrected chi connectivity index (χ3v) is 2.75. The molecule has 0 bridgehead atoms. The maximum atomic E-state index is 11.2. The Morgan fingerprint density at radius 3 is 3.07 bits per heavy atom. The fraction of sp³-hybridized carbons (Fsp3) is 0.300. The van der Waals surface area contributed by atoms with Crippen molar-refractivity contribution in [3.63, 3.8) is 0 Å². The van der Waals surface area contributed by atoms with E-state index in [1.807, 2.05) is 30.5 Å². The van der Waals surface area contributed by atoms with E-state index in [0.29, 0.717) is 0 Å².